The lowest BCUT2D eigenvalue weighted by atomic mass is 10.2. The van der Waals surface area contributed by atoms with E-state index in [1.165, 1.54) is 9.08 Å². The number of fused-ring (bicyclic) bond motifs is 1. The average molecular weight is 447 g/mol. The minimum atomic E-state index is -0.213. The van der Waals surface area contributed by atoms with E-state index in [4.69, 9.17) is 9.47 Å². The van der Waals surface area contributed by atoms with Gasteiger partial charge in [0.1, 0.15) is 23.6 Å². The molecule has 1 aliphatic rings. The van der Waals surface area contributed by atoms with Crippen molar-refractivity contribution in [2.45, 2.75) is 6.54 Å². The molecule has 2 aromatic heterocycles. The standard InChI is InChI=1S/C24H26N6O3/c1-32-20-7-3-5-18(13-20)16-30-24(31)29-17-25-22(15-23(29)26-30)28-11-9-27(10-12-28)19-6-4-8-21(14-19)33-2/h3-8,13-15,17H,9-12,16H2,1-2H3. The van der Waals surface area contributed by atoms with Crippen LogP contribution in [-0.4, -0.2) is 59.6 Å². The van der Waals surface area contributed by atoms with Crippen molar-refractivity contribution < 1.29 is 9.47 Å². The van der Waals surface area contributed by atoms with Crippen molar-refractivity contribution in [3.05, 3.63) is 77.0 Å². The van der Waals surface area contributed by atoms with Gasteiger partial charge in [0.05, 0.1) is 20.8 Å². The van der Waals surface area contributed by atoms with Gasteiger partial charge in [-0.25, -0.2) is 18.9 Å². The summed E-state index contributed by atoms with van der Waals surface area (Å²) >= 11 is 0. The number of anilines is 2. The van der Waals surface area contributed by atoms with Gasteiger partial charge in [-0.15, -0.1) is 5.10 Å². The maximum Gasteiger partial charge on any atom is 0.351 e. The summed E-state index contributed by atoms with van der Waals surface area (Å²) in [5, 5.41) is 4.54. The van der Waals surface area contributed by atoms with Crippen LogP contribution in [-0.2, 0) is 6.54 Å². The second-order valence-corrected chi connectivity index (χ2v) is 7.94. The molecule has 2 aromatic carbocycles. The zero-order valence-electron chi connectivity index (χ0n) is 18.7. The zero-order chi connectivity index (χ0) is 22.8. The minimum Gasteiger partial charge on any atom is -0.497 e. The lowest BCUT2D eigenvalue weighted by Gasteiger charge is -2.36. The molecule has 0 radical (unpaired) electrons. The van der Waals surface area contributed by atoms with E-state index in [0.29, 0.717) is 12.2 Å². The number of nitrogens with zero attached hydrogens (tertiary/aromatic N) is 6. The van der Waals surface area contributed by atoms with Crippen LogP contribution in [0.4, 0.5) is 11.5 Å². The van der Waals surface area contributed by atoms with E-state index in [1.807, 2.05) is 42.5 Å². The number of benzene rings is 2. The van der Waals surface area contributed by atoms with Crippen molar-refractivity contribution in [1.82, 2.24) is 19.2 Å². The molecule has 1 saturated heterocycles. The Morgan fingerprint density at radius 1 is 0.879 bits per heavy atom. The van der Waals surface area contributed by atoms with E-state index in [0.717, 1.165) is 54.7 Å². The maximum absolute atomic E-state index is 12.8. The smallest absolute Gasteiger partial charge is 0.351 e. The van der Waals surface area contributed by atoms with Crippen LogP contribution < -0.4 is 25.0 Å². The molecule has 0 atom stereocenters. The molecule has 3 heterocycles. The van der Waals surface area contributed by atoms with Crippen molar-refractivity contribution in [1.29, 1.82) is 0 Å². The Hall–Kier alpha value is -4.01. The zero-order valence-corrected chi connectivity index (χ0v) is 18.7. The summed E-state index contributed by atoms with van der Waals surface area (Å²) in [6.45, 7) is 3.77. The molecular formula is C24H26N6O3. The van der Waals surface area contributed by atoms with Crippen molar-refractivity contribution in [2.75, 3.05) is 50.2 Å². The van der Waals surface area contributed by atoms with E-state index < -0.39 is 0 Å². The first-order chi connectivity index (χ1) is 16.1. The molecule has 0 unspecified atom stereocenters. The van der Waals surface area contributed by atoms with Crippen molar-refractivity contribution in [3.63, 3.8) is 0 Å². The van der Waals surface area contributed by atoms with Gasteiger partial charge in [0.15, 0.2) is 5.65 Å². The van der Waals surface area contributed by atoms with E-state index in [9.17, 15) is 4.79 Å². The highest BCUT2D eigenvalue weighted by Gasteiger charge is 2.20. The third-order valence-electron chi connectivity index (χ3n) is 5.95. The van der Waals surface area contributed by atoms with Gasteiger partial charge in [-0.05, 0) is 29.8 Å². The van der Waals surface area contributed by atoms with E-state index in [2.05, 4.69) is 32.0 Å². The number of hydrogen-bond donors (Lipinski definition) is 0. The first-order valence-electron chi connectivity index (χ1n) is 10.9. The largest absolute Gasteiger partial charge is 0.497 e. The number of methoxy groups -OCH3 is 2. The van der Waals surface area contributed by atoms with Crippen LogP contribution in [0, 0.1) is 0 Å². The number of rotatable bonds is 6. The van der Waals surface area contributed by atoms with Crippen LogP contribution in [0.2, 0.25) is 0 Å². The molecule has 0 saturated carbocycles. The summed E-state index contributed by atoms with van der Waals surface area (Å²) in [6.07, 6.45) is 1.57. The van der Waals surface area contributed by atoms with Crippen LogP contribution in [0.15, 0.2) is 65.7 Å². The van der Waals surface area contributed by atoms with Crippen molar-refractivity contribution >= 4 is 17.2 Å². The van der Waals surface area contributed by atoms with Gasteiger partial charge in [0, 0.05) is 44.0 Å². The highest BCUT2D eigenvalue weighted by Crippen LogP contribution is 2.23. The topological polar surface area (TPSA) is 77.1 Å². The Labute approximate surface area is 191 Å². The first-order valence-corrected chi connectivity index (χ1v) is 10.9. The Kier molecular flexibility index (Phi) is 5.60. The fourth-order valence-electron chi connectivity index (χ4n) is 4.13. The maximum atomic E-state index is 12.8. The summed E-state index contributed by atoms with van der Waals surface area (Å²) in [4.78, 5) is 21.9. The Morgan fingerprint density at radius 2 is 1.58 bits per heavy atom. The van der Waals surface area contributed by atoms with E-state index >= 15 is 0 Å². The monoisotopic (exact) mass is 446 g/mol. The lowest BCUT2D eigenvalue weighted by molar-refractivity contribution is 0.414. The second kappa shape index (κ2) is 8.85. The number of piperazine rings is 1. The molecule has 4 aromatic rings. The molecule has 9 heteroatoms. The van der Waals surface area contributed by atoms with Gasteiger partial charge in [-0.2, -0.15) is 0 Å². The minimum absolute atomic E-state index is 0.213. The van der Waals surface area contributed by atoms with Gasteiger partial charge in [-0.1, -0.05) is 18.2 Å². The fourth-order valence-corrected chi connectivity index (χ4v) is 4.13. The normalized spacial score (nSPS) is 14.0. The molecule has 9 nitrogen and oxygen atoms in total. The highest BCUT2D eigenvalue weighted by atomic mass is 16.5. The van der Waals surface area contributed by atoms with E-state index in [-0.39, 0.29) is 5.69 Å². The molecule has 0 amide bonds. The SMILES string of the molecule is COc1cccc(Cn2nc3cc(N4CCN(c5cccc(OC)c5)CC4)ncn3c2=O)c1. The molecule has 170 valence electrons. The van der Waals surface area contributed by atoms with Crippen LogP contribution in [0.1, 0.15) is 5.56 Å². The molecule has 0 spiro atoms. The Morgan fingerprint density at radius 3 is 2.33 bits per heavy atom. The lowest BCUT2D eigenvalue weighted by Crippen LogP contribution is -2.46. The summed E-state index contributed by atoms with van der Waals surface area (Å²) in [7, 11) is 3.31. The molecule has 0 N–H and O–H groups in total. The molecule has 1 fully saturated rings. The molecule has 0 aliphatic carbocycles. The van der Waals surface area contributed by atoms with Gasteiger partial charge >= 0.3 is 5.69 Å². The molecule has 1 aliphatic heterocycles. The third-order valence-corrected chi connectivity index (χ3v) is 5.95. The molecular weight excluding hydrogens is 420 g/mol. The van der Waals surface area contributed by atoms with Gasteiger partial charge in [0.2, 0.25) is 0 Å². The number of ether oxygens (including phenoxy) is 2. The number of aromatic nitrogens is 4. The average Bonchev–Trinajstić information content (AvgIpc) is 3.18. The van der Waals surface area contributed by atoms with Gasteiger partial charge in [-0.3, -0.25) is 0 Å². The van der Waals surface area contributed by atoms with Crippen LogP contribution >= 0.6 is 0 Å². The predicted octanol–water partition coefficient (Wildman–Crippen LogP) is 2.28. The molecule has 33 heavy (non-hydrogen) atoms. The van der Waals surface area contributed by atoms with Gasteiger partial charge in [0.25, 0.3) is 0 Å². The summed E-state index contributed by atoms with van der Waals surface area (Å²) in [5.41, 5.74) is 2.47. The quantitative estimate of drug-likeness (QED) is 0.450. The summed E-state index contributed by atoms with van der Waals surface area (Å²) in [5.74, 6) is 2.43. The number of hydrogen-bond acceptors (Lipinski definition) is 7. The second-order valence-electron chi connectivity index (χ2n) is 7.94. The first kappa shape index (κ1) is 20.9. The van der Waals surface area contributed by atoms with E-state index in [1.54, 1.807) is 20.5 Å². The fraction of sp³-hybridized carbons (Fsp3) is 0.292. The van der Waals surface area contributed by atoms with Crippen LogP contribution in [0.5, 0.6) is 11.5 Å². The summed E-state index contributed by atoms with van der Waals surface area (Å²) < 4.78 is 13.6. The molecule has 5 rings (SSSR count). The Balaban J connectivity index is 1.32. The highest BCUT2D eigenvalue weighted by molar-refractivity contribution is 5.54. The van der Waals surface area contributed by atoms with Crippen LogP contribution in [0.25, 0.3) is 5.65 Å². The van der Waals surface area contributed by atoms with Crippen LogP contribution in [0.3, 0.4) is 0 Å². The molecule has 0 bridgehead atoms. The third kappa shape index (κ3) is 4.21. The van der Waals surface area contributed by atoms with Gasteiger partial charge < -0.3 is 19.3 Å². The van der Waals surface area contributed by atoms with Crippen molar-refractivity contribution in [2.24, 2.45) is 0 Å². The van der Waals surface area contributed by atoms with Crippen molar-refractivity contribution in [3.8, 4) is 11.5 Å². The predicted molar refractivity (Wildman–Crippen MR) is 127 cm³/mol. The summed E-state index contributed by atoms with van der Waals surface area (Å²) in [6, 6.07) is 17.6. The Bertz CT molecular complexity index is 1320.